The van der Waals surface area contributed by atoms with Gasteiger partial charge in [-0.3, -0.25) is 4.79 Å². The summed E-state index contributed by atoms with van der Waals surface area (Å²) >= 11 is 0. The van der Waals surface area contributed by atoms with Gasteiger partial charge in [-0.05, 0) is 38.1 Å². The Morgan fingerprint density at radius 1 is 0.926 bits per heavy atom. The highest BCUT2D eigenvalue weighted by molar-refractivity contribution is 5.95. The number of para-hydroxylation sites is 3. The van der Waals surface area contributed by atoms with E-state index in [4.69, 9.17) is 14.2 Å². The Morgan fingerprint density at radius 3 is 2.30 bits per heavy atom. The average Bonchev–Trinajstić information content (AvgIpc) is 2.68. The molecule has 0 bridgehead atoms. The van der Waals surface area contributed by atoms with Crippen LogP contribution < -0.4 is 14.8 Å². The van der Waals surface area contributed by atoms with Crippen molar-refractivity contribution in [1.82, 2.24) is 0 Å². The summed E-state index contributed by atoms with van der Waals surface area (Å²) in [5.41, 5.74) is 1.29. The maximum Gasteiger partial charge on any atom is 0.331 e. The van der Waals surface area contributed by atoms with Gasteiger partial charge in [0.15, 0.2) is 6.61 Å². The van der Waals surface area contributed by atoms with Gasteiger partial charge in [-0.25, -0.2) is 4.79 Å². The molecule has 6 nitrogen and oxygen atoms in total. The molecule has 0 fully saturated rings. The fourth-order valence-corrected chi connectivity index (χ4v) is 2.29. The third-order valence-electron chi connectivity index (χ3n) is 3.42. The van der Waals surface area contributed by atoms with E-state index in [9.17, 15) is 9.59 Å². The molecule has 6 heteroatoms. The number of hydrogen-bond donors (Lipinski definition) is 1. The Labute approximate surface area is 158 Å². The number of amides is 1. The summed E-state index contributed by atoms with van der Waals surface area (Å²) in [6.07, 6.45) is 2.86. The van der Waals surface area contributed by atoms with Crippen LogP contribution >= 0.6 is 0 Å². The lowest BCUT2D eigenvalue weighted by atomic mass is 10.2. The van der Waals surface area contributed by atoms with Gasteiger partial charge in [0.2, 0.25) is 0 Å². The second-order valence-corrected chi connectivity index (χ2v) is 5.39. The van der Waals surface area contributed by atoms with Crippen LogP contribution in [0.15, 0.2) is 54.6 Å². The van der Waals surface area contributed by atoms with Gasteiger partial charge in [0, 0.05) is 11.6 Å². The van der Waals surface area contributed by atoms with Crippen LogP contribution in [0.5, 0.6) is 11.5 Å². The minimum Gasteiger partial charge on any atom is -0.493 e. The molecule has 0 aliphatic rings. The molecule has 1 N–H and O–H groups in total. The fourth-order valence-electron chi connectivity index (χ4n) is 2.29. The van der Waals surface area contributed by atoms with Crippen molar-refractivity contribution < 1.29 is 23.8 Å². The van der Waals surface area contributed by atoms with E-state index in [0.29, 0.717) is 30.4 Å². The number of nitrogens with one attached hydrogen (secondary N) is 1. The number of rotatable bonds is 9. The molecule has 2 aromatic rings. The largest absolute Gasteiger partial charge is 0.493 e. The van der Waals surface area contributed by atoms with Crippen LogP contribution in [0, 0.1) is 0 Å². The van der Waals surface area contributed by atoms with Crippen LogP contribution in [0.2, 0.25) is 0 Å². The van der Waals surface area contributed by atoms with Gasteiger partial charge >= 0.3 is 5.97 Å². The quantitative estimate of drug-likeness (QED) is 0.539. The SMILES string of the molecule is CCOc1ccccc1/C=C/C(=O)OCC(=O)Nc1ccccc1OCC. The highest BCUT2D eigenvalue weighted by Gasteiger charge is 2.09. The van der Waals surface area contributed by atoms with Gasteiger partial charge < -0.3 is 19.5 Å². The van der Waals surface area contributed by atoms with Crippen molar-refractivity contribution in [3.63, 3.8) is 0 Å². The molecule has 0 aromatic heterocycles. The average molecular weight is 369 g/mol. The van der Waals surface area contributed by atoms with E-state index >= 15 is 0 Å². The number of carbonyl (C=O) groups is 2. The predicted molar refractivity (Wildman–Crippen MR) is 104 cm³/mol. The molecule has 0 radical (unpaired) electrons. The highest BCUT2D eigenvalue weighted by atomic mass is 16.5. The van der Waals surface area contributed by atoms with Crippen LogP contribution in [-0.4, -0.2) is 31.7 Å². The molecule has 142 valence electrons. The molecule has 0 aliphatic heterocycles. The topological polar surface area (TPSA) is 73.9 Å². The first kappa shape index (κ1) is 20.0. The highest BCUT2D eigenvalue weighted by Crippen LogP contribution is 2.23. The van der Waals surface area contributed by atoms with Crippen LogP contribution in [-0.2, 0) is 14.3 Å². The van der Waals surface area contributed by atoms with Gasteiger partial charge in [0.1, 0.15) is 11.5 Å². The van der Waals surface area contributed by atoms with E-state index in [2.05, 4.69) is 5.32 Å². The van der Waals surface area contributed by atoms with Gasteiger partial charge in [-0.2, -0.15) is 0 Å². The smallest absolute Gasteiger partial charge is 0.331 e. The minimum atomic E-state index is -0.616. The molecule has 0 heterocycles. The van der Waals surface area contributed by atoms with Crippen molar-refractivity contribution in [3.8, 4) is 11.5 Å². The van der Waals surface area contributed by atoms with Gasteiger partial charge in [-0.1, -0.05) is 30.3 Å². The van der Waals surface area contributed by atoms with Crippen molar-refractivity contribution in [2.45, 2.75) is 13.8 Å². The van der Waals surface area contributed by atoms with Crippen LogP contribution in [0.1, 0.15) is 19.4 Å². The summed E-state index contributed by atoms with van der Waals surface area (Å²) in [6.45, 7) is 4.36. The van der Waals surface area contributed by atoms with Gasteiger partial charge in [-0.15, -0.1) is 0 Å². The van der Waals surface area contributed by atoms with E-state index in [-0.39, 0.29) is 0 Å². The first-order valence-electron chi connectivity index (χ1n) is 8.72. The Hall–Kier alpha value is -3.28. The number of benzene rings is 2. The molecular formula is C21H23NO5. The lowest BCUT2D eigenvalue weighted by Crippen LogP contribution is -2.20. The summed E-state index contributed by atoms with van der Waals surface area (Å²) < 4.78 is 15.9. The third-order valence-corrected chi connectivity index (χ3v) is 3.42. The van der Waals surface area contributed by atoms with Crippen LogP contribution in [0.4, 0.5) is 5.69 Å². The lowest BCUT2D eigenvalue weighted by Gasteiger charge is -2.11. The number of anilines is 1. The molecule has 1 amide bonds. The maximum absolute atomic E-state index is 12.0. The van der Waals surface area contributed by atoms with E-state index < -0.39 is 18.5 Å². The lowest BCUT2D eigenvalue weighted by molar-refractivity contribution is -0.142. The van der Waals surface area contributed by atoms with E-state index in [1.54, 1.807) is 24.3 Å². The van der Waals surface area contributed by atoms with E-state index in [1.165, 1.54) is 6.08 Å². The fraction of sp³-hybridized carbons (Fsp3) is 0.238. The number of hydrogen-bond acceptors (Lipinski definition) is 5. The molecule has 2 rings (SSSR count). The molecule has 27 heavy (non-hydrogen) atoms. The van der Waals surface area contributed by atoms with Crippen LogP contribution in [0.25, 0.3) is 6.08 Å². The number of esters is 1. The van der Waals surface area contributed by atoms with Gasteiger partial charge in [0.25, 0.3) is 5.91 Å². The second kappa shape index (κ2) is 10.7. The van der Waals surface area contributed by atoms with E-state index in [0.717, 1.165) is 5.56 Å². The Kier molecular flexibility index (Phi) is 7.91. The number of carbonyl (C=O) groups excluding carboxylic acids is 2. The van der Waals surface area contributed by atoms with Gasteiger partial charge in [0.05, 0.1) is 18.9 Å². The molecule has 0 aliphatic carbocycles. The summed E-state index contributed by atoms with van der Waals surface area (Å²) in [5.74, 6) is 0.176. The van der Waals surface area contributed by atoms with Crippen molar-refractivity contribution in [3.05, 3.63) is 60.2 Å². The monoisotopic (exact) mass is 369 g/mol. The number of ether oxygens (including phenoxy) is 3. The Balaban J connectivity index is 1.88. The van der Waals surface area contributed by atoms with Crippen molar-refractivity contribution in [2.75, 3.05) is 25.1 Å². The van der Waals surface area contributed by atoms with Crippen LogP contribution in [0.3, 0.4) is 0 Å². The molecule has 0 atom stereocenters. The molecule has 0 saturated heterocycles. The van der Waals surface area contributed by atoms with Crippen molar-refractivity contribution >= 4 is 23.6 Å². The molecule has 0 spiro atoms. The first-order chi connectivity index (χ1) is 13.1. The zero-order valence-electron chi connectivity index (χ0n) is 15.4. The second-order valence-electron chi connectivity index (χ2n) is 5.39. The summed E-state index contributed by atoms with van der Waals surface area (Å²) in [4.78, 5) is 23.9. The molecular weight excluding hydrogens is 346 g/mol. The summed E-state index contributed by atoms with van der Waals surface area (Å²) in [7, 11) is 0. The van der Waals surface area contributed by atoms with E-state index in [1.807, 2.05) is 44.2 Å². The molecule has 0 saturated carbocycles. The normalized spacial score (nSPS) is 10.4. The zero-order chi connectivity index (χ0) is 19.5. The van der Waals surface area contributed by atoms with Crippen molar-refractivity contribution in [2.24, 2.45) is 0 Å². The molecule has 0 unspecified atom stereocenters. The Morgan fingerprint density at radius 2 is 1.56 bits per heavy atom. The third kappa shape index (κ3) is 6.51. The standard InChI is InChI=1S/C21H23NO5/c1-3-25-18-11-7-5-9-16(18)13-14-21(24)27-15-20(23)22-17-10-6-8-12-19(17)26-4-2/h5-14H,3-4,15H2,1-2H3,(H,22,23)/b14-13+. The minimum absolute atomic E-state index is 0.392. The summed E-state index contributed by atoms with van der Waals surface area (Å²) in [6, 6.07) is 14.4. The molecule has 2 aromatic carbocycles. The van der Waals surface area contributed by atoms with Crippen molar-refractivity contribution in [1.29, 1.82) is 0 Å². The first-order valence-corrected chi connectivity index (χ1v) is 8.72. The maximum atomic E-state index is 12.0. The zero-order valence-corrected chi connectivity index (χ0v) is 15.4. The predicted octanol–water partition coefficient (Wildman–Crippen LogP) is 3.68. The summed E-state index contributed by atoms with van der Waals surface area (Å²) in [5, 5.41) is 2.67. The Bertz CT molecular complexity index is 801.